The molecule has 0 bridgehead atoms. The average molecular weight is 318 g/mol. The maximum Gasteiger partial charge on any atom is 0.210 e. The molecule has 0 spiro atoms. The van der Waals surface area contributed by atoms with E-state index < -0.39 is 10.0 Å². The molecule has 6 nitrogen and oxygen atoms in total. The third kappa shape index (κ3) is 7.66. The third-order valence-corrected chi connectivity index (χ3v) is 4.75. The lowest BCUT2D eigenvalue weighted by molar-refractivity contribution is 0.250. The van der Waals surface area contributed by atoms with Crippen molar-refractivity contribution in [3.8, 4) is 0 Å². The highest BCUT2D eigenvalue weighted by molar-refractivity contribution is 7.89. The number of nitrogens with one attached hydrogen (secondary N) is 1. The Bertz CT molecular complexity index is 428. The lowest BCUT2D eigenvalue weighted by Gasteiger charge is -2.31. The number of hydrogen-bond donors (Lipinski definition) is 2. The van der Waals surface area contributed by atoms with Gasteiger partial charge in [-0.25, -0.2) is 13.6 Å². The zero-order chi connectivity index (χ0) is 15.9. The molecule has 1 rings (SSSR count). The van der Waals surface area contributed by atoms with Crippen LogP contribution < -0.4 is 10.5 Å². The minimum absolute atomic E-state index is 0.114. The first-order valence-electron chi connectivity index (χ1n) is 7.81. The van der Waals surface area contributed by atoms with Gasteiger partial charge in [-0.1, -0.05) is 19.8 Å². The predicted octanol–water partition coefficient (Wildman–Crippen LogP) is 0.999. The van der Waals surface area contributed by atoms with Gasteiger partial charge in [-0.3, -0.25) is 4.99 Å². The molecule has 0 heterocycles. The minimum atomic E-state index is -3.45. The van der Waals surface area contributed by atoms with Crippen molar-refractivity contribution in [3.63, 3.8) is 0 Å². The first-order valence-corrected chi connectivity index (χ1v) is 9.53. The van der Waals surface area contributed by atoms with E-state index in [-0.39, 0.29) is 12.3 Å². The fraction of sp³-hybridized carbons (Fsp3) is 0.929. The molecule has 0 atom stereocenters. The van der Waals surface area contributed by atoms with Crippen LogP contribution in [0.5, 0.6) is 0 Å². The van der Waals surface area contributed by atoms with E-state index >= 15 is 0 Å². The standard InChI is InChI=1S/C14H30N4O2S/c1-4-16-14(17-9-10-21(15,19)20)18(3)11-13-7-5-12(2)6-8-13/h12-13H,4-11H2,1-3H3,(H,16,17)(H2,15,19,20). The number of rotatable bonds is 6. The van der Waals surface area contributed by atoms with Crippen LogP contribution in [-0.2, 0) is 10.0 Å². The van der Waals surface area contributed by atoms with E-state index in [4.69, 9.17) is 5.14 Å². The lowest BCUT2D eigenvalue weighted by atomic mass is 9.83. The number of guanidine groups is 1. The van der Waals surface area contributed by atoms with Gasteiger partial charge in [-0.2, -0.15) is 0 Å². The van der Waals surface area contributed by atoms with Gasteiger partial charge in [0.25, 0.3) is 0 Å². The van der Waals surface area contributed by atoms with Gasteiger partial charge in [0, 0.05) is 20.1 Å². The summed E-state index contributed by atoms with van der Waals surface area (Å²) < 4.78 is 21.9. The second kappa shape index (κ2) is 8.58. The van der Waals surface area contributed by atoms with Crippen molar-refractivity contribution >= 4 is 16.0 Å². The molecule has 0 amide bonds. The van der Waals surface area contributed by atoms with E-state index in [2.05, 4.69) is 22.1 Å². The Morgan fingerprint density at radius 3 is 2.48 bits per heavy atom. The molecule has 0 aromatic carbocycles. The zero-order valence-corrected chi connectivity index (χ0v) is 14.3. The Labute approximate surface area is 129 Å². The van der Waals surface area contributed by atoms with Crippen molar-refractivity contribution in [1.29, 1.82) is 0 Å². The van der Waals surface area contributed by atoms with Gasteiger partial charge in [0.15, 0.2) is 5.96 Å². The monoisotopic (exact) mass is 318 g/mol. The van der Waals surface area contributed by atoms with Crippen LogP contribution in [0.4, 0.5) is 0 Å². The highest BCUT2D eigenvalue weighted by Gasteiger charge is 2.20. The molecule has 1 aliphatic carbocycles. The van der Waals surface area contributed by atoms with Crippen LogP contribution in [0, 0.1) is 11.8 Å². The molecule has 0 saturated heterocycles. The summed E-state index contributed by atoms with van der Waals surface area (Å²) in [4.78, 5) is 6.46. The number of nitrogens with zero attached hydrogens (tertiary/aromatic N) is 2. The third-order valence-electron chi connectivity index (χ3n) is 4.00. The van der Waals surface area contributed by atoms with E-state index in [1.165, 1.54) is 25.7 Å². The quantitative estimate of drug-likeness (QED) is 0.565. The summed E-state index contributed by atoms with van der Waals surface area (Å²) in [5.41, 5.74) is 0. The molecule has 1 aliphatic rings. The lowest BCUT2D eigenvalue weighted by Crippen LogP contribution is -2.42. The SMILES string of the molecule is CCNC(=NCCS(N)(=O)=O)N(C)CC1CCC(C)CC1. The fourth-order valence-corrected chi connectivity index (χ4v) is 3.08. The Morgan fingerprint density at radius 1 is 1.33 bits per heavy atom. The largest absolute Gasteiger partial charge is 0.357 e. The molecule has 0 aliphatic heterocycles. The topological polar surface area (TPSA) is 87.8 Å². The number of aliphatic imine (C=N–C) groups is 1. The van der Waals surface area contributed by atoms with Crippen LogP contribution in [0.3, 0.4) is 0 Å². The van der Waals surface area contributed by atoms with Crippen molar-refractivity contribution in [2.45, 2.75) is 39.5 Å². The van der Waals surface area contributed by atoms with E-state index in [9.17, 15) is 8.42 Å². The first-order chi connectivity index (χ1) is 9.81. The maximum absolute atomic E-state index is 11.0. The number of sulfonamides is 1. The van der Waals surface area contributed by atoms with Crippen LogP contribution in [0.1, 0.15) is 39.5 Å². The Balaban J connectivity index is 2.51. The van der Waals surface area contributed by atoms with E-state index in [1.807, 2.05) is 14.0 Å². The molecule has 0 aromatic rings. The maximum atomic E-state index is 11.0. The predicted molar refractivity (Wildman–Crippen MR) is 87.7 cm³/mol. The zero-order valence-electron chi connectivity index (χ0n) is 13.5. The summed E-state index contributed by atoms with van der Waals surface area (Å²) in [5, 5.41) is 8.21. The van der Waals surface area contributed by atoms with E-state index in [0.717, 1.165) is 25.0 Å². The van der Waals surface area contributed by atoms with Gasteiger partial charge in [-0.15, -0.1) is 0 Å². The summed E-state index contributed by atoms with van der Waals surface area (Å²) in [6.07, 6.45) is 5.14. The molecule has 124 valence electrons. The number of hydrogen-bond acceptors (Lipinski definition) is 3. The average Bonchev–Trinajstić information content (AvgIpc) is 2.39. The highest BCUT2D eigenvalue weighted by atomic mass is 32.2. The molecular formula is C14H30N4O2S. The van der Waals surface area contributed by atoms with E-state index in [1.54, 1.807) is 0 Å². The second-order valence-corrected chi connectivity index (χ2v) is 7.84. The van der Waals surface area contributed by atoms with Crippen LogP contribution in [0.15, 0.2) is 4.99 Å². The molecule has 21 heavy (non-hydrogen) atoms. The summed E-state index contributed by atoms with van der Waals surface area (Å²) in [6, 6.07) is 0. The molecule has 1 fully saturated rings. The summed E-state index contributed by atoms with van der Waals surface area (Å²) in [5.74, 6) is 2.20. The van der Waals surface area contributed by atoms with Gasteiger partial charge in [0.1, 0.15) is 0 Å². The van der Waals surface area contributed by atoms with Crippen LogP contribution in [0.25, 0.3) is 0 Å². The second-order valence-electron chi connectivity index (χ2n) is 6.11. The van der Waals surface area contributed by atoms with Crippen molar-refractivity contribution in [3.05, 3.63) is 0 Å². The molecule has 7 heteroatoms. The Kier molecular flexibility index (Phi) is 7.45. The summed E-state index contributed by atoms with van der Waals surface area (Å²) in [6.45, 7) is 6.26. The van der Waals surface area contributed by atoms with Gasteiger partial charge >= 0.3 is 0 Å². The summed E-state index contributed by atoms with van der Waals surface area (Å²) >= 11 is 0. The summed E-state index contributed by atoms with van der Waals surface area (Å²) in [7, 11) is -1.44. The Hall–Kier alpha value is -0.820. The highest BCUT2D eigenvalue weighted by Crippen LogP contribution is 2.28. The van der Waals surface area contributed by atoms with Crippen molar-refractivity contribution in [2.75, 3.05) is 32.4 Å². The van der Waals surface area contributed by atoms with Crippen molar-refractivity contribution in [1.82, 2.24) is 10.2 Å². The normalized spacial score (nSPS) is 23.9. The number of nitrogens with two attached hydrogens (primary N) is 1. The van der Waals surface area contributed by atoms with Gasteiger partial charge < -0.3 is 10.2 Å². The first kappa shape index (κ1) is 18.2. The van der Waals surface area contributed by atoms with E-state index in [0.29, 0.717) is 5.92 Å². The van der Waals surface area contributed by atoms with Crippen LogP contribution in [0.2, 0.25) is 0 Å². The fourth-order valence-electron chi connectivity index (χ4n) is 2.73. The molecule has 0 unspecified atom stereocenters. The molecule has 0 aromatic heterocycles. The van der Waals surface area contributed by atoms with Crippen LogP contribution >= 0.6 is 0 Å². The smallest absolute Gasteiger partial charge is 0.210 e. The van der Waals surface area contributed by atoms with Crippen molar-refractivity contribution in [2.24, 2.45) is 22.0 Å². The number of primary sulfonamides is 1. The van der Waals surface area contributed by atoms with Gasteiger partial charge in [0.2, 0.25) is 10.0 Å². The van der Waals surface area contributed by atoms with Crippen molar-refractivity contribution < 1.29 is 8.42 Å². The van der Waals surface area contributed by atoms with Gasteiger partial charge in [-0.05, 0) is 31.6 Å². The molecule has 1 saturated carbocycles. The minimum Gasteiger partial charge on any atom is -0.357 e. The molecule has 0 radical (unpaired) electrons. The molecule has 3 N–H and O–H groups in total. The molecular weight excluding hydrogens is 288 g/mol. The van der Waals surface area contributed by atoms with Crippen LogP contribution in [-0.4, -0.2) is 51.7 Å². The Morgan fingerprint density at radius 2 is 1.95 bits per heavy atom. The van der Waals surface area contributed by atoms with Gasteiger partial charge in [0.05, 0.1) is 12.3 Å².